The van der Waals surface area contributed by atoms with E-state index in [2.05, 4.69) is 10.2 Å². The van der Waals surface area contributed by atoms with Crippen molar-refractivity contribution in [1.29, 1.82) is 0 Å². The predicted molar refractivity (Wildman–Crippen MR) is 79.1 cm³/mol. The van der Waals surface area contributed by atoms with E-state index in [0.717, 1.165) is 18.2 Å². The number of halogens is 2. The molecule has 21 heavy (non-hydrogen) atoms. The highest BCUT2D eigenvalue weighted by molar-refractivity contribution is 7.99. The van der Waals surface area contributed by atoms with Crippen LogP contribution in [0, 0.1) is 5.82 Å². The van der Waals surface area contributed by atoms with Crippen LogP contribution in [0.25, 0.3) is 11.4 Å². The van der Waals surface area contributed by atoms with E-state index in [1.807, 2.05) is 6.92 Å². The Morgan fingerprint density at radius 3 is 2.90 bits per heavy atom. The van der Waals surface area contributed by atoms with Crippen LogP contribution >= 0.6 is 23.4 Å². The van der Waals surface area contributed by atoms with Crippen LogP contribution < -0.4 is 0 Å². The summed E-state index contributed by atoms with van der Waals surface area (Å²) in [6.45, 7) is 2.53. The number of hydrogen-bond acceptors (Lipinski definition) is 4. The van der Waals surface area contributed by atoms with Gasteiger partial charge in [0.25, 0.3) is 0 Å². The molecule has 1 aromatic heterocycles. The van der Waals surface area contributed by atoms with Gasteiger partial charge < -0.3 is 9.67 Å². The van der Waals surface area contributed by atoms with Crippen LogP contribution in [0.15, 0.2) is 23.4 Å². The molecule has 0 atom stereocenters. The number of benzene rings is 1. The summed E-state index contributed by atoms with van der Waals surface area (Å²) in [6.07, 6.45) is 0.786. The predicted octanol–water partition coefficient (Wildman–Crippen LogP) is 3.32. The van der Waals surface area contributed by atoms with Gasteiger partial charge in [0.1, 0.15) is 5.82 Å². The van der Waals surface area contributed by atoms with E-state index in [0.29, 0.717) is 22.5 Å². The summed E-state index contributed by atoms with van der Waals surface area (Å²) in [6, 6.07) is 4.21. The van der Waals surface area contributed by atoms with Crippen molar-refractivity contribution in [1.82, 2.24) is 14.8 Å². The van der Waals surface area contributed by atoms with Crippen LogP contribution in [-0.2, 0) is 11.3 Å². The summed E-state index contributed by atoms with van der Waals surface area (Å²) in [4.78, 5) is 10.7. The van der Waals surface area contributed by atoms with Gasteiger partial charge >= 0.3 is 5.97 Å². The zero-order valence-corrected chi connectivity index (χ0v) is 12.8. The van der Waals surface area contributed by atoms with E-state index in [1.54, 1.807) is 4.57 Å². The van der Waals surface area contributed by atoms with E-state index >= 15 is 0 Å². The van der Waals surface area contributed by atoms with Crippen LogP contribution in [0.2, 0.25) is 5.02 Å². The maximum absolute atomic E-state index is 14.0. The molecule has 1 N–H and O–H groups in total. The van der Waals surface area contributed by atoms with Gasteiger partial charge in [0.2, 0.25) is 0 Å². The quantitative estimate of drug-likeness (QED) is 0.823. The molecule has 0 amide bonds. The fourth-order valence-electron chi connectivity index (χ4n) is 1.82. The summed E-state index contributed by atoms with van der Waals surface area (Å²) >= 11 is 6.95. The van der Waals surface area contributed by atoms with Gasteiger partial charge in [0.15, 0.2) is 11.0 Å². The zero-order valence-electron chi connectivity index (χ0n) is 11.2. The third kappa shape index (κ3) is 3.74. The fourth-order valence-corrected chi connectivity index (χ4v) is 2.67. The second kappa shape index (κ2) is 6.91. The average Bonchev–Trinajstić information content (AvgIpc) is 2.82. The average molecular weight is 330 g/mol. The van der Waals surface area contributed by atoms with Crippen molar-refractivity contribution in [3.63, 3.8) is 0 Å². The smallest absolute Gasteiger partial charge is 0.313 e. The van der Waals surface area contributed by atoms with Gasteiger partial charge in [0, 0.05) is 11.6 Å². The van der Waals surface area contributed by atoms with Gasteiger partial charge in [-0.15, -0.1) is 10.2 Å². The molecule has 112 valence electrons. The Bertz CT molecular complexity index is 663. The Hall–Kier alpha value is -1.60. The molecular formula is C13H13ClFN3O2S. The van der Waals surface area contributed by atoms with Gasteiger partial charge in [-0.25, -0.2) is 4.39 Å². The maximum Gasteiger partial charge on any atom is 0.313 e. The topological polar surface area (TPSA) is 68.0 Å². The van der Waals surface area contributed by atoms with Crippen molar-refractivity contribution in [2.45, 2.75) is 25.0 Å². The molecule has 2 aromatic rings. The number of rotatable bonds is 6. The molecule has 0 fully saturated rings. The lowest BCUT2D eigenvalue weighted by Gasteiger charge is -2.09. The number of carbonyl (C=O) groups is 1. The first-order valence-electron chi connectivity index (χ1n) is 6.26. The van der Waals surface area contributed by atoms with Crippen LogP contribution in [0.4, 0.5) is 4.39 Å². The van der Waals surface area contributed by atoms with Crippen LogP contribution in [0.3, 0.4) is 0 Å². The third-order valence-electron chi connectivity index (χ3n) is 2.66. The lowest BCUT2D eigenvalue weighted by Crippen LogP contribution is -2.05. The van der Waals surface area contributed by atoms with Gasteiger partial charge in [-0.2, -0.15) is 0 Å². The van der Waals surface area contributed by atoms with Crippen molar-refractivity contribution < 1.29 is 14.3 Å². The minimum atomic E-state index is -0.943. The number of carboxylic acids is 1. The molecule has 0 aliphatic carbocycles. The first kappa shape index (κ1) is 15.8. The second-order valence-electron chi connectivity index (χ2n) is 4.26. The van der Waals surface area contributed by atoms with Crippen LogP contribution in [-0.4, -0.2) is 31.6 Å². The van der Waals surface area contributed by atoms with E-state index < -0.39 is 11.8 Å². The Morgan fingerprint density at radius 2 is 2.24 bits per heavy atom. The van der Waals surface area contributed by atoms with E-state index in [4.69, 9.17) is 16.7 Å². The van der Waals surface area contributed by atoms with Crippen molar-refractivity contribution in [3.8, 4) is 11.4 Å². The Balaban J connectivity index is 2.43. The van der Waals surface area contributed by atoms with Crippen LogP contribution in [0.5, 0.6) is 0 Å². The molecule has 0 bridgehead atoms. The minimum absolute atomic E-state index is 0.125. The van der Waals surface area contributed by atoms with Crippen molar-refractivity contribution in [2.24, 2.45) is 0 Å². The highest BCUT2D eigenvalue weighted by Gasteiger charge is 2.18. The Labute approximate surface area is 130 Å². The minimum Gasteiger partial charge on any atom is -0.481 e. The maximum atomic E-state index is 14.0. The number of aromatic nitrogens is 3. The largest absolute Gasteiger partial charge is 0.481 e. The summed E-state index contributed by atoms with van der Waals surface area (Å²) in [5.41, 5.74) is 0.255. The molecule has 0 saturated heterocycles. The van der Waals surface area contributed by atoms with Crippen molar-refractivity contribution >= 4 is 29.3 Å². The highest BCUT2D eigenvalue weighted by Crippen LogP contribution is 2.28. The van der Waals surface area contributed by atoms with Crippen LogP contribution in [0.1, 0.15) is 13.3 Å². The summed E-state index contributed by atoms with van der Waals surface area (Å²) < 4.78 is 15.7. The van der Waals surface area contributed by atoms with Crippen molar-refractivity contribution in [3.05, 3.63) is 29.0 Å². The molecule has 1 heterocycles. The van der Waals surface area contributed by atoms with E-state index in [-0.39, 0.29) is 11.3 Å². The normalized spacial score (nSPS) is 10.8. The number of aliphatic carboxylic acids is 1. The van der Waals surface area contributed by atoms with Gasteiger partial charge in [0.05, 0.1) is 11.3 Å². The molecular weight excluding hydrogens is 317 g/mol. The molecule has 0 aliphatic heterocycles. The van der Waals surface area contributed by atoms with Crippen molar-refractivity contribution in [2.75, 3.05) is 5.75 Å². The third-order valence-corrected chi connectivity index (χ3v) is 3.84. The summed E-state index contributed by atoms with van der Waals surface area (Å²) in [7, 11) is 0. The van der Waals surface area contributed by atoms with E-state index in [1.165, 1.54) is 18.2 Å². The molecule has 0 radical (unpaired) electrons. The Kier molecular flexibility index (Phi) is 5.19. The number of hydrogen-bond donors (Lipinski definition) is 1. The lowest BCUT2D eigenvalue weighted by molar-refractivity contribution is -0.133. The standard InChI is InChI=1S/C13H13ClFN3O2S/c1-2-5-18-12(9-6-8(14)3-4-10(9)15)16-17-13(18)21-7-11(19)20/h3-4,6H,2,5,7H2,1H3,(H,19,20). The second-order valence-corrected chi connectivity index (χ2v) is 5.64. The number of nitrogens with zero attached hydrogens (tertiary/aromatic N) is 3. The molecule has 0 unspecified atom stereocenters. The molecule has 0 saturated carbocycles. The van der Waals surface area contributed by atoms with Gasteiger partial charge in [-0.3, -0.25) is 4.79 Å². The summed E-state index contributed by atoms with van der Waals surface area (Å²) in [5, 5.41) is 17.5. The molecule has 8 heteroatoms. The molecule has 0 aliphatic rings. The molecule has 2 rings (SSSR count). The molecule has 1 aromatic carbocycles. The first-order chi connectivity index (χ1) is 10.0. The van der Waals surface area contributed by atoms with Gasteiger partial charge in [-0.1, -0.05) is 30.3 Å². The lowest BCUT2D eigenvalue weighted by atomic mass is 10.2. The SMILES string of the molecule is CCCn1c(SCC(=O)O)nnc1-c1cc(Cl)ccc1F. The first-order valence-corrected chi connectivity index (χ1v) is 7.62. The summed E-state index contributed by atoms with van der Waals surface area (Å²) in [5.74, 6) is -1.16. The molecule has 5 nitrogen and oxygen atoms in total. The van der Waals surface area contributed by atoms with E-state index in [9.17, 15) is 9.18 Å². The highest BCUT2D eigenvalue weighted by atomic mass is 35.5. The number of thioether (sulfide) groups is 1. The molecule has 0 spiro atoms. The fraction of sp³-hybridized carbons (Fsp3) is 0.308. The zero-order chi connectivity index (χ0) is 15.4. The van der Waals surface area contributed by atoms with Gasteiger partial charge in [-0.05, 0) is 24.6 Å². The number of carboxylic acid groups (broad SMARTS) is 1. The monoisotopic (exact) mass is 329 g/mol. The Morgan fingerprint density at radius 1 is 1.48 bits per heavy atom.